The van der Waals surface area contributed by atoms with E-state index < -0.39 is 17.5 Å². The summed E-state index contributed by atoms with van der Waals surface area (Å²) < 4.78 is 47.4. The molecule has 0 radical (unpaired) electrons. The van der Waals surface area contributed by atoms with Crippen LogP contribution in [0.3, 0.4) is 0 Å². The number of hydrogen-bond donors (Lipinski definition) is 2. The highest BCUT2D eigenvalue weighted by atomic mass is 35.5. The van der Waals surface area contributed by atoms with Crippen LogP contribution in [0.1, 0.15) is 5.69 Å². The number of halogens is 4. The van der Waals surface area contributed by atoms with Crippen molar-refractivity contribution in [3.05, 3.63) is 65.0 Å². The topological polar surface area (TPSA) is 82.5 Å². The minimum absolute atomic E-state index is 0.0129. The number of benzene rings is 1. The average Bonchev–Trinajstić information content (AvgIpc) is 3.08. The van der Waals surface area contributed by atoms with Crippen molar-refractivity contribution >= 4 is 23.1 Å². The summed E-state index contributed by atoms with van der Waals surface area (Å²) in [5, 5.41) is -0.0218. The fourth-order valence-corrected chi connectivity index (χ4v) is 2.26. The molecule has 0 bridgehead atoms. The van der Waals surface area contributed by atoms with Gasteiger partial charge < -0.3 is 15.9 Å². The van der Waals surface area contributed by atoms with Crippen molar-refractivity contribution in [2.45, 2.75) is 0 Å². The van der Waals surface area contributed by atoms with Crippen LogP contribution >= 0.6 is 11.6 Å². The lowest BCUT2D eigenvalue weighted by atomic mass is 10.1. The molecular formula is C15H10ClF3N4O. The lowest BCUT2D eigenvalue weighted by Gasteiger charge is -2.06. The van der Waals surface area contributed by atoms with E-state index >= 15 is 0 Å². The first kappa shape index (κ1) is 16.0. The normalized spacial score (nSPS) is 13.0. The average molecular weight is 355 g/mol. The van der Waals surface area contributed by atoms with Crippen LogP contribution in [0.5, 0.6) is 0 Å². The number of imidazole rings is 1. The number of nitrogens with zero attached hydrogens (tertiary/aromatic N) is 2. The molecular weight excluding hydrogens is 345 g/mol. The second-order valence-electron chi connectivity index (χ2n) is 4.78. The third-order valence-corrected chi connectivity index (χ3v) is 3.35. The van der Waals surface area contributed by atoms with E-state index in [-0.39, 0.29) is 33.6 Å². The number of aromatic nitrogens is 2. The third kappa shape index (κ3) is 2.71. The van der Waals surface area contributed by atoms with Gasteiger partial charge in [0.15, 0.2) is 11.6 Å². The summed E-state index contributed by atoms with van der Waals surface area (Å²) >= 11 is 5.55. The van der Waals surface area contributed by atoms with Gasteiger partial charge in [-0.25, -0.2) is 13.2 Å². The monoisotopic (exact) mass is 354 g/mol. The smallest absolute Gasteiger partial charge is 0.306 e. The maximum atomic E-state index is 14.1. The zero-order chi connectivity index (χ0) is 17.4. The zero-order valence-electron chi connectivity index (χ0n) is 11.9. The van der Waals surface area contributed by atoms with E-state index in [9.17, 15) is 13.2 Å². The number of fused-ring (bicyclic) bond motifs is 1. The van der Waals surface area contributed by atoms with Crippen LogP contribution in [0.4, 0.5) is 13.2 Å². The van der Waals surface area contributed by atoms with Crippen molar-refractivity contribution < 1.29 is 17.6 Å². The number of rotatable bonds is 3. The minimum atomic E-state index is -1.30. The molecule has 0 amide bonds. The molecule has 0 unspecified atom stereocenters. The van der Waals surface area contributed by atoms with Crippen molar-refractivity contribution in [3.8, 4) is 11.3 Å². The first-order valence-electron chi connectivity index (χ1n) is 6.57. The van der Waals surface area contributed by atoms with E-state index in [1.54, 1.807) is 0 Å². The fraction of sp³-hybridized carbons (Fsp3) is 0. The van der Waals surface area contributed by atoms with Gasteiger partial charge in [0.25, 0.3) is 0 Å². The zero-order valence-corrected chi connectivity index (χ0v) is 12.7. The van der Waals surface area contributed by atoms with Gasteiger partial charge >= 0.3 is 5.84 Å². The van der Waals surface area contributed by atoms with Gasteiger partial charge in [-0.05, 0) is 18.2 Å². The molecule has 24 heavy (non-hydrogen) atoms. The first-order chi connectivity index (χ1) is 11.4. The standard InChI is InChI=1S/C15H10ClF3N4O/c16-12(21)2-1-11(20)14-13(22-15-23(14)3-4-24-15)7-5-9(18)10(19)6-8(7)17/h1-6H,20-21H2/b11-1-,12-2-. The van der Waals surface area contributed by atoms with Gasteiger partial charge in [0.1, 0.15) is 17.8 Å². The van der Waals surface area contributed by atoms with Gasteiger partial charge in [-0.1, -0.05) is 11.6 Å². The molecule has 4 N–H and O–H groups in total. The Balaban J connectivity index is 2.28. The van der Waals surface area contributed by atoms with E-state index in [1.807, 2.05) is 0 Å². The summed E-state index contributed by atoms with van der Waals surface area (Å²) in [4.78, 5) is 4.08. The van der Waals surface area contributed by atoms with Crippen molar-refractivity contribution in [2.75, 3.05) is 0 Å². The molecule has 0 saturated carbocycles. The molecule has 0 spiro atoms. The van der Waals surface area contributed by atoms with Crippen molar-refractivity contribution in [3.63, 3.8) is 0 Å². The van der Waals surface area contributed by atoms with E-state index in [1.165, 1.54) is 29.0 Å². The van der Waals surface area contributed by atoms with E-state index in [0.29, 0.717) is 12.1 Å². The molecule has 0 fully saturated rings. The van der Waals surface area contributed by atoms with Crippen molar-refractivity contribution in [2.24, 2.45) is 11.5 Å². The largest absolute Gasteiger partial charge is 0.432 e. The van der Waals surface area contributed by atoms with Crippen LogP contribution in [-0.2, 0) is 0 Å². The van der Waals surface area contributed by atoms with Crippen LogP contribution < -0.4 is 11.5 Å². The Kier molecular flexibility index (Phi) is 3.98. The summed E-state index contributed by atoms with van der Waals surface area (Å²) in [5.74, 6) is -3.41. The summed E-state index contributed by atoms with van der Waals surface area (Å²) in [5.41, 5.74) is 11.4. The lowest BCUT2D eigenvalue weighted by Crippen LogP contribution is -2.03. The second kappa shape index (κ2) is 5.97. The molecule has 5 nitrogen and oxygen atoms in total. The quantitative estimate of drug-likeness (QED) is 0.429. The second-order valence-corrected chi connectivity index (χ2v) is 5.22. The van der Waals surface area contributed by atoms with E-state index in [0.717, 1.165) is 0 Å². The fourth-order valence-electron chi connectivity index (χ4n) is 2.20. The molecule has 9 heteroatoms. The molecule has 3 aromatic rings. The Morgan fingerprint density at radius 3 is 2.54 bits per heavy atom. The van der Waals surface area contributed by atoms with Gasteiger partial charge in [0.2, 0.25) is 0 Å². The first-order valence-corrected chi connectivity index (χ1v) is 6.95. The molecule has 2 aromatic heterocycles. The Morgan fingerprint density at radius 1 is 1.12 bits per heavy atom. The molecule has 0 aliphatic heterocycles. The van der Waals surface area contributed by atoms with Crippen LogP contribution in [0.15, 0.2) is 46.3 Å². The predicted molar refractivity (Wildman–Crippen MR) is 83.1 cm³/mol. The highest BCUT2D eigenvalue weighted by Crippen LogP contribution is 2.31. The third-order valence-electron chi connectivity index (χ3n) is 3.22. The molecule has 2 heterocycles. The van der Waals surface area contributed by atoms with Crippen LogP contribution in [0.25, 0.3) is 22.8 Å². The predicted octanol–water partition coefficient (Wildman–Crippen LogP) is 3.35. The summed E-state index contributed by atoms with van der Waals surface area (Å²) in [6, 6.07) is 1.14. The molecule has 0 atom stereocenters. The summed E-state index contributed by atoms with van der Waals surface area (Å²) in [6.07, 6.45) is 5.53. The number of hydrogen-bond acceptors (Lipinski definition) is 4. The van der Waals surface area contributed by atoms with E-state index in [2.05, 4.69) is 4.98 Å². The summed E-state index contributed by atoms with van der Waals surface area (Å²) in [7, 11) is 0. The lowest BCUT2D eigenvalue weighted by molar-refractivity contribution is 0.496. The van der Waals surface area contributed by atoms with Gasteiger partial charge in [-0.2, -0.15) is 4.98 Å². The Morgan fingerprint density at radius 2 is 1.83 bits per heavy atom. The number of oxazole rings is 1. The molecule has 0 aliphatic carbocycles. The van der Waals surface area contributed by atoms with Gasteiger partial charge in [-0.3, -0.25) is 4.40 Å². The maximum Gasteiger partial charge on any atom is 0.306 e. The molecule has 3 rings (SSSR count). The highest BCUT2D eigenvalue weighted by molar-refractivity contribution is 6.29. The molecule has 1 aromatic carbocycles. The SMILES string of the molecule is N/C(=C\C=C(/N)Cl)c1c(-c2cc(F)c(F)cc2F)nc2occn12. The number of allylic oxidation sites excluding steroid dienone is 2. The Hall–Kier alpha value is -2.87. The van der Waals surface area contributed by atoms with Crippen LogP contribution in [0, 0.1) is 17.5 Å². The van der Waals surface area contributed by atoms with E-state index in [4.69, 9.17) is 27.5 Å². The molecule has 0 saturated heterocycles. The molecule has 0 aliphatic rings. The Bertz CT molecular complexity index is 986. The van der Waals surface area contributed by atoms with Crippen LogP contribution in [0.2, 0.25) is 0 Å². The molecule has 124 valence electrons. The van der Waals surface area contributed by atoms with Crippen molar-refractivity contribution in [1.82, 2.24) is 9.38 Å². The van der Waals surface area contributed by atoms with Gasteiger partial charge in [0, 0.05) is 17.8 Å². The maximum absolute atomic E-state index is 14.1. The highest BCUT2D eigenvalue weighted by Gasteiger charge is 2.22. The summed E-state index contributed by atoms with van der Waals surface area (Å²) in [6.45, 7) is 0. The Labute approximate surface area is 138 Å². The van der Waals surface area contributed by atoms with Gasteiger partial charge in [-0.15, -0.1) is 0 Å². The number of nitrogens with two attached hydrogens (primary N) is 2. The minimum Gasteiger partial charge on any atom is -0.432 e. The van der Waals surface area contributed by atoms with Gasteiger partial charge in [0.05, 0.1) is 16.5 Å². The van der Waals surface area contributed by atoms with Crippen LogP contribution in [-0.4, -0.2) is 9.38 Å². The van der Waals surface area contributed by atoms with Crippen molar-refractivity contribution in [1.29, 1.82) is 0 Å².